The molecule has 3 rings (SSSR count). The number of fused-ring (bicyclic) bond motifs is 1. The van der Waals surface area contributed by atoms with Gasteiger partial charge in [-0.05, 0) is 38.1 Å². The van der Waals surface area contributed by atoms with Gasteiger partial charge in [0.25, 0.3) is 5.91 Å². The van der Waals surface area contributed by atoms with Crippen molar-refractivity contribution in [3.05, 3.63) is 65.9 Å². The molecule has 0 aliphatic heterocycles. The number of nitrogens with zero attached hydrogens (tertiary/aromatic N) is 2. The third kappa shape index (κ3) is 5.31. The number of aromatic nitrogens is 1. The van der Waals surface area contributed by atoms with E-state index in [1.165, 1.54) is 6.08 Å². The molecule has 1 aromatic heterocycles. The Labute approximate surface area is 180 Å². The monoisotopic (exact) mass is 417 g/mol. The fourth-order valence-electron chi connectivity index (χ4n) is 3.20. The molecule has 0 aliphatic carbocycles. The maximum absolute atomic E-state index is 12.7. The number of amides is 1. The van der Waals surface area contributed by atoms with Gasteiger partial charge in [-0.1, -0.05) is 24.3 Å². The molecule has 0 aliphatic rings. The van der Waals surface area contributed by atoms with Crippen molar-refractivity contribution in [3.8, 4) is 11.8 Å². The maximum Gasteiger partial charge on any atom is 0.325 e. The van der Waals surface area contributed by atoms with Gasteiger partial charge in [0.15, 0.2) is 0 Å². The van der Waals surface area contributed by atoms with E-state index < -0.39 is 5.91 Å². The number of nitriles is 1. The molecule has 158 valence electrons. The molecule has 0 spiro atoms. The topological polar surface area (TPSA) is 93.4 Å². The van der Waals surface area contributed by atoms with Crippen LogP contribution in [0.15, 0.2) is 60.3 Å². The molecule has 2 aromatic carbocycles. The van der Waals surface area contributed by atoms with Crippen LogP contribution in [-0.4, -0.2) is 29.7 Å². The van der Waals surface area contributed by atoms with Crippen molar-refractivity contribution >= 4 is 34.5 Å². The molecule has 1 N–H and O–H groups in total. The van der Waals surface area contributed by atoms with Gasteiger partial charge in [0.05, 0.1) is 13.2 Å². The first kappa shape index (κ1) is 21.7. The minimum Gasteiger partial charge on any atom is -0.494 e. The van der Waals surface area contributed by atoms with Gasteiger partial charge in [0.1, 0.15) is 23.9 Å². The number of hydrogen-bond acceptors (Lipinski definition) is 5. The normalized spacial score (nSPS) is 11.1. The fourth-order valence-corrected chi connectivity index (χ4v) is 3.20. The smallest absolute Gasteiger partial charge is 0.325 e. The highest BCUT2D eigenvalue weighted by atomic mass is 16.5. The maximum atomic E-state index is 12.7. The highest BCUT2D eigenvalue weighted by Crippen LogP contribution is 2.24. The molecule has 3 aromatic rings. The highest BCUT2D eigenvalue weighted by molar-refractivity contribution is 6.10. The summed E-state index contributed by atoms with van der Waals surface area (Å²) in [6.07, 6.45) is 3.26. The lowest BCUT2D eigenvalue weighted by Gasteiger charge is -2.07. The van der Waals surface area contributed by atoms with Crippen LogP contribution in [0.3, 0.4) is 0 Å². The van der Waals surface area contributed by atoms with Gasteiger partial charge in [-0.25, -0.2) is 0 Å². The zero-order valence-electron chi connectivity index (χ0n) is 17.4. The van der Waals surface area contributed by atoms with Crippen molar-refractivity contribution in [2.24, 2.45) is 0 Å². The van der Waals surface area contributed by atoms with E-state index >= 15 is 0 Å². The molecule has 7 nitrogen and oxygen atoms in total. The molecule has 1 amide bonds. The van der Waals surface area contributed by atoms with E-state index in [-0.39, 0.29) is 18.1 Å². The van der Waals surface area contributed by atoms with Gasteiger partial charge >= 0.3 is 5.97 Å². The molecule has 0 saturated carbocycles. The minimum atomic E-state index is -0.529. The van der Waals surface area contributed by atoms with Crippen molar-refractivity contribution in [1.29, 1.82) is 5.26 Å². The first-order valence-corrected chi connectivity index (χ1v) is 9.95. The molecule has 7 heteroatoms. The van der Waals surface area contributed by atoms with Crippen LogP contribution in [0.1, 0.15) is 19.4 Å². The molecule has 0 atom stereocenters. The summed E-state index contributed by atoms with van der Waals surface area (Å²) in [5.41, 5.74) is 1.95. The molecule has 0 bridgehead atoms. The molecular weight excluding hydrogens is 394 g/mol. The summed E-state index contributed by atoms with van der Waals surface area (Å²) >= 11 is 0. The molecule has 31 heavy (non-hydrogen) atoms. The average Bonchev–Trinajstić information content (AvgIpc) is 3.10. The Morgan fingerprint density at radius 1 is 1.13 bits per heavy atom. The number of anilines is 1. The van der Waals surface area contributed by atoms with Crippen LogP contribution in [0.2, 0.25) is 0 Å². The second-order valence-corrected chi connectivity index (χ2v) is 6.62. The lowest BCUT2D eigenvalue weighted by molar-refractivity contribution is -0.143. The number of hydrogen-bond donors (Lipinski definition) is 1. The van der Waals surface area contributed by atoms with Crippen LogP contribution in [0.5, 0.6) is 5.75 Å². The van der Waals surface area contributed by atoms with Crippen LogP contribution >= 0.6 is 0 Å². The van der Waals surface area contributed by atoms with Gasteiger partial charge in [0.2, 0.25) is 0 Å². The fraction of sp³-hybridized carbons (Fsp3) is 0.208. The van der Waals surface area contributed by atoms with Gasteiger partial charge in [-0.3, -0.25) is 9.59 Å². The lowest BCUT2D eigenvalue weighted by atomic mass is 10.1. The average molecular weight is 417 g/mol. The number of benzene rings is 2. The van der Waals surface area contributed by atoms with Gasteiger partial charge in [-0.2, -0.15) is 5.26 Å². The SMILES string of the molecule is CCOC(=O)Cn1cc(C=C(C#N)C(=O)Nc2cccc(OCC)c2)c2ccccc21. The second kappa shape index (κ2) is 10.1. The Morgan fingerprint density at radius 2 is 1.94 bits per heavy atom. The predicted molar refractivity (Wildman–Crippen MR) is 118 cm³/mol. The van der Waals surface area contributed by atoms with E-state index in [1.54, 1.807) is 42.0 Å². The van der Waals surface area contributed by atoms with E-state index in [9.17, 15) is 14.9 Å². The second-order valence-electron chi connectivity index (χ2n) is 6.62. The Hall–Kier alpha value is -4.05. The van der Waals surface area contributed by atoms with Gasteiger partial charge in [-0.15, -0.1) is 0 Å². The zero-order valence-corrected chi connectivity index (χ0v) is 17.4. The number of carbonyl (C=O) groups excluding carboxylic acids is 2. The summed E-state index contributed by atoms with van der Waals surface area (Å²) in [5, 5.41) is 13.1. The molecule has 1 heterocycles. The van der Waals surface area contributed by atoms with Crippen LogP contribution in [0, 0.1) is 11.3 Å². The first-order chi connectivity index (χ1) is 15.0. The quantitative estimate of drug-likeness (QED) is 0.338. The van der Waals surface area contributed by atoms with E-state index in [2.05, 4.69) is 5.32 Å². The Bertz CT molecular complexity index is 1170. The number of esters is 1. The van der Waals surface area contributed by atoms with Crippen molar-refractivity contribution < 1.29 is 19.1 Å². The molecular formula is C24H23N3O4. The highest BCUT2D eigenvalue weighted by Gasteiger charge is 2.14. The summed E-state index contributed by atoms with van der Waals surface area (Å²) in [7, 11) is 0. The Balaban J connectivity index is 1.90. The lowest BCUT2D eigenvalue weighted by Crippen LogP contribution is -2.13. The van der Waals surface area contributed by atoms with Crippen molar-refractivity contribution in [3.63, 3.8) is 0 Å². The van der Waals surface area contributed by atoms with E-state index in [1.807, 2.05) is 37.3 Å². The van der Waals surface area contributed by atoms with E-state index in [4.69, 9.17) is 9.47 Å². The Morgan fingerprint density at radius 3 is 2.68 bits per heavy atom. The number of nitrogens with one attached hydrogen (secondary N) is 1. The summed E-state index contributed by atoms with van der Waals surface area (Å²) in [4.78, 5) is 24.6. The minimum absolute atomic E-state index is 0.0422. The number of ether oxygens (including phenoxy) is 2. The summed E-state index contributed by atoms with van der Waals surface area (Å²) in [5.74, 6) is -0.255. The summed E-state index contributed by atoms with van der Waals surface area (Å²) < 4.78 is 12.2. The zero-order chi connectivity index (χ0) is 22.2. The first-order valence-electron chi connectivity index (χ1n) is 9.95. The Kier molecular flexibility index (Phi) is 7.07. The van der Waals surface area contributed by atoms with Crippen LogP contribution in [-0.2, 0) is 20.9 Å². The van der Waals surface area contributed by atoms with Crippen LogP contribution in [0.4, 0.5) is 5.69 Å². The predicted octanol–water partition coefficient (Wildman–Crippen LogP) is 4.15. The van der Waals surface area contributed by atoms with Crippen molar-refractivity contribution in [2.45, 2.75) is 20.4 Å². The van der Waals surface area contributed by atoms with Gasteiger partial charge in [0, 0.05) is 34.4 Å². The summed E-state index contributed by atoms with van der Waals surface area (Å²) in [6, 6.07) is 16.4. The molecule has 0 fully saturated rings. The van der Waals surface area contributed by atoms with Crippen molar-refractivity contribution in [2.75, 3.05) is 18.5 Å². The number of rotatable bonds is 8. The third-order valence-electron chi connectivity index (χ3n) is 4.49. The molecule has 0 saturated heterocycles. The van der Waals surface area contributed by atoms with E-state index in [0.717, 1.165) is 10.9 Å². The number of para-hydroxylation sites is 1. The summed E-state index contributed by atoms with van der Waals surface area (Å²) in [6.45, 7) is 4.48. The van der Waals surface area contributed by atoms with Crippen molar-refractivity contribution in [1.82, 2.24) is 4.57 Å². The largest absolute Gasteiger partial charge is 0.494 e. The van der Waals surface area contributed by atoms with E-state index in [0.29, 0.717) is 30.2 Å². The standard InChI is InChI=1S/C24H23N3O4/c1-3-30-20-9-7-8-19(13-20)26-24(29)17(14-25)12-18-15-27(16-23(28)31-4-2)22-11-6-5-10-21(18)22/h5-13,15H,3-4,16H2,1-2H3,(H,26,29). The molecule has 0 unspecified atom stereocenters. The van der Waals surface area contributed by atoms with Gasteiger partial charge < -0.3 is 19.4 Å². The van der Waals surface area contributed by atoms with Crippen LogP contribution < -0.4 is 10.1 Å². The molecule has 0 radical (unpaired) electrons. The third-order valence-corrected chi connectivity index (χ3v) is 4.49. The van der Waals surface area contributed by atoms with Crippen LogP contribution in [0.25, 0.3) is 17.0 Å². The number of carbonyl (C=O) groups is 2.